The highest BCUT2D eigenvalue weighted by molar-refractivity contribution is 6.30. The van der Waals surface area contributed by atoms with E-state index in [9.17, 15) is 18.0 Å². The molecule has 0 aliphatic rings. The van der Waals surface area contributed by atoms with Crippen LogP contribution in [0.25, 0.3) is 5.69 Å². The first-order valence-corrected chi connectivity index (χ1v) is 9.30. The fourth-order valence-electron chi connectivity index (χ4n) is 3.10. The summed E-state index contributed by atoms with van der Waals surface area (Å²) in [6, 6.07) is 11.7. The monoisotopic (exact) mass is 421 g/mol. The molecule has 152 valence electrons. The van der Waals surface area contributed by atoms with Gasteiger partial charge in [-0.05, 0) is 55.7 Å². The molecule has 0 aliphatic carbocycles. The standard InChI is InChI=1S/C21H19ClF3N3O/c1-13-3-4-15(14(2)11-13)9-10-26-20(29)18-12-27-28(19(18)21(23,24)25)17-7-5-16(22)6-8-17/h3-8,11-12H,9-10H2,1-2H3,(H,26,29). The molecule has 3 rings (SSSR count). The van der Waals surface area contributed by atoms with Gasteiger partial charge >= 0.3 is 6.18 Å². The van der Waals surface area contributed by atoms with Crippen LogP contribution >= 0.6 is 11.6 Å². The summed E-state index contributed by atoms with van der Waals surface area (Å²) in [4.78, 5) is 12.5. The topological polar surface area (TPSA) is 46.9 Å². The first-order valence-electron chi connectivity index (χ1n) is 8.92. The molecule has 0 saturated heterocycles. The Balaban J connectivity index is 1.80. The van der Waals surface area contributed by atoms with E-state index in [1.165, 1.54) is 24.3 Å². The second-order valence-electron chi connectivity index (χ2n) is 6.73. The number of aromatic nitrogens is 2. The maximum atomic E-state index is 13.7. The van der Waals surface area contributed by atoms with Crippen LogP contribution in [0.2, 0.25) is 5.02 Å². The van der Waals surface area contributed by atoms with Gasteiger partial charge in [0.15, 0.2) is 5.69 Å². The third-order valence-electron chi connectivity index (χ3n) is 4.53. The third kappa shape index (κ3) is 4.79. The predicted molar refractivity (Wildman–Crippen MR) is 106 cm³/mol. The molecule has 8 heteroatoms. The van der Waals surface area contributed by atoms with E-state index in [4.69, 9.17) is 11.6 Å². The zero-order valence-corrected chi connectivity index (χ0v) is 16.6. The second-order valence-corrected chi connectivity index (χ2v) is 7.17. The van der Waals surface area contributed by atoms with Gasteiger partial charge in [0.1, 0.15) is 0 Å². The Bertz CT molecular complexity index is 1030. The van der Waals surface area contributed by atoms with Gasteiger partial charge < -0.3 is 5.32 Å². The molecule has 0 spiro atoms. The Morgan fingerprint density at radius 3 is 2.45 bits per heavy atom. The highest BCUT2D eigenvalue weighted by Crippen LogP contribution is 2.33. The fourth-order valence-corrected chi connectivity index (χ4v) is 3.22. The Morgan fingerprint density at radius 2 is 1.83 bits per heavy atom. The number of aryl methyl sites for hydroxylation is 2. The molecule has 3 aromatic rings. The van der Waals surface area contributed by atoms with Crippen molar-refractivity contribution in [2.75, 3.05) is 6.54 Å². The largest absolute Gasteiger partial charge is 0.434 e. The average Bonchev–Trinajstić information content (AvgIpc) is 3.10. The van der Waals surface area contributed by atoms with E-state index in [-0.39, 0.29) is 12.2 Å². The second kappa shape index (κ2) is 8.29. The highest BCUT2D eigenvalue weighted by atomic mass is 35.5. The van der Waals surface area contributed by atoms with Crippen molar-refractivity contribution in [1.29, 1.82) is 0 Å². The molecule has 0 bridgehead atoms. The minimum atomic E-state index is -4.75. The summed E-state index contributed by atoms with van der Waals surface area (Å²) in [6.45, 7) is 4.16. The molecular formula is C21H19ClF3N3O. The maximum absolute atomic E-state index is 13.7. The number of nitrogens with zero attached hydrogens (tertiary/aromatic N) is 2. The molecule has 1 heterocycles. The van der Waals surface area contributed by atoms with E-state index in [1.807, 2.05) is 32.0 Å². The van der Waals surface area contributed by atoms with Crippen LogP contribution in [0.3, 0.4) is 0 Å². The lowest BCUT2D eigenvalue weighted by Gasteiger charge is -2.13. The van der Waals surface area contributed by atoms with Crippen molar-refractivity contribution in [2.24, 2.45) is 0 Å². The molecule has 1 aromatic heterocycles. The Labute approximate surface area is 171 Å². The fraction of sp³-hybridized carbons (Fsp3) is 0.238. The summed E-state index contributed by atoms with van der Waals surface area (Å²) in [6.07, 6.45) is -3.30. The van der Waals surface area contributed by atoms with Crippen LogP contribution in [0.1, 0.15) is 32.7 Å². The van der Waals surface area contributed by atoms with Crippen LogP contribution in [-0.4, -0.2) is 22.2 Å². The SMILES string of the molecule is Cc1ccc(CCNC(=O)c2cnn(-c3ccc(Cl)cc3)c2C(F)(F)F)c(C)c1. The number of amides is 1. The lowest BCUT2D eigenvalue weighted by Crippen LogP contribution is -2.28. The van der Waals surface area contributed by atoms with Gasteiger partial charge in [0.25, 0.3) is 5.91 Å². The molecule has 4 nitrogen and oxygen atoms in total. The molecule has 0 radical (unpaired) electrons. The molecule has 0 atom stereocenters. The van der Waals surface area contributed by atoms with Crippen LogP contribution in [0.15, 0.2) is 48.7 Å². The van der Waals surface area contributed by atoms with Gasteiger partial charge in [-0.3, -0.25) is 4.79 Å². The van der Waals surface area contributed by atoms with Gasteiger partial charge in [-0.25, -0.2) is 4.68 Å². The zero-order valence-electron chi connectivity index (χ0n) is 15.8. The van der Waals surface area contributed by atoms with Gasteiger partial charge in [-0.1, -0.05) is 35.4 Å². The Kier molecular flexibility index (Phi) is 5.98. The van der Waals surface area contributed by atoms with Crippen LogP contribution in [0.5, 0.6) is 0 Å². The molecule has 1 amide bonds. The lowest BCUT2D eigenvalue weighted by molar-refractivity contribution is -0.143. The van der Waals surface area contributed by atoms with Crippen molar-refractivity contribution >= 4 is 17.5 Å². The number of hydrogen-bond donors (Lipinski definition) is 1. The van der Waals surface area contributed by atoms with Gasteiger partial charge in [0, 0.05) is 11.6 Å². The van der Waals surface area contributed by atoms with Crippen LogP contribution in [-0.2, 0) is 12.6 Å². The summed E-state index contributed by atoms with van der Waals surface area (Å²) >= 11 is 5.80. The van der Waals surface area contributed by atoms with Crippen molar-refractivity contribution in [3.8, 4) is 5.69 Å². The van der Waals surface area contributed by atoms with Crippen molar-refractivity contribution in [2.45, 2.75) is 26.4 Å². The summed E-state index contributed by atoms with van der Waals surface area (Å²) in [5.41, 5.74) is 1.75. The smallest absolute Gasteiger partial charge is 0.352 e. The molecule has 0 saturated carbocycles. The van der Waals surface area contributed by atoms with E-state index < -0.39 is 23.3 Å². The molecule has 1 N–H and O–H groups in total. The molecule has 0 fully saturated rings. The number of carbonyl (C=O) groups excluding carboxylic acids is 1. The molecular weight excluding hydrogens is 403 g/mol. The van der Waals surface area contributed by atoms with E-state index in [2.05, 4.69) is 10.4 Å². The number of benzene rings is 2. The number of carbonyl (C=O) groups is 1. The summed E-state index contributed by atoms with van der Waals surface area (Å²) in [5, 5.41) is 6.74. The van der Waals surface area contributed by atoms with Crippen molar-refractivity contribution in [3.05, 3.63) is 81.6 Å². The van der Waals surface area contributed by atoms with Gasteiger partial charge in [-0.15, -0.1) is 0 Å². The average molecular weight is 422 g/mol. The van der Waals surface area contributed by atoms with Crippen LogP contribution in [0, 0.1) is 13.8 Å². The number of hydrogen-bond acceptors (Lipinski definition) is 2. The predicted octanol–water partition coefficient (Wildman–Crippen LogP) is 5.13. The normalized spacial score (nSPS) is 11.5. The third-order valence-corrected chi connectivity index (χ3v) is 4.78. The minimum Gasteiger partial charge on any atom is -0.352 e. The van der Waals surface area contributed by atoms with Crippen LogP contribution in [0.4, 0.5) is 13.2 Å². The van der Waals surface area contributed by atoms with Gasteiger partial charge in [-0.2, -0.15) is 18.3 Å². The van der Waals surface area contributed by atoms with Crippen LogP contribution < -0.4 is 5.32 Å². The van der Waals surface area contributed by atoms with Crippen molar-refractivity contribution < 1.29 is 18.0 Å². The quantitative estimate of drug-likeness (QED) is 0.620. The van der Waals surface area contributed by atoms with E-state index in [0.29, 0.717) is 16.1 Å². The number of halogens is 4. The first kappa shape index (κ1) is 20.9. The van der Waals surface area contributed by atoms with Crippen molar-refractivity contribution in [3.63, 3.8) is 0 Å². The first-order chi connectivity index (χ1) is 13.7. The zero-order chi connectivity index (χ0) is 21.2. The molecule has 0 aliphatic heterocycles. The highest BCUT2D eigenvalue weighted by Gasteiger charge is 2.40. The van der Waals surface area contributed by atoms with E-state index in [1.54, 1.807) is 0 Å². The number of alkyl halides is 3. The van der Waals surface area contributed by atoms with Crippen molar-refractivity contribution in [1.82, 2.24) is 15.1 Å². The Hall–Kier alpha value is -2.80. The van der Waals surface area contributed by atoms with E-state index >= 15 is 0 Å². The molecule has 0 unspecified atom stereocenters. The Morgan fingerprint density at radius 1 is 1.14 bits per heavy atom. The number of nitrogens with one attached hydrogen (secondary N) is 1. The summed E-state index contributed by atoms with van der Waals surface area (Å²) in [5.74, 6) is -0.817. The molecule has 29 heavy (non-hydrogen) atoms. The number of rotatable bonds is 5. The summed E-state index contributed by atoms with van der Waals surface area (Å²) < 4.78 is 41.7. The van der Waals surface area contributed by atoms with Gasteiger partial charge in [0.05, 0.1) is 17.4 Å². The lowest BCUT2D eigenvalue weighted by atomic mass is 10.0. The minimum absolute atomic E-state index is 0.163. The van der Waals surface area contributed by atoms with E-state index in [0.717, 1.165) is 22.9 Å². The summed E-state index contributed by atoms with van der Waals surface area (Å²) in [7, 11) is 0. The van der Waals surface area contributed by atoms with Gasteiger partial charge in [0.2, 0.25) is 0 Å². The molecule has 2 aromatic carbocycles. The maximum Gasteiger partial charge on any atom is 0.434 e.